The fraction of sp³-hybridized carbons (Fsp3) is 0.476. The van der Waals surface area contributed by atoms with Crippen molar-refractivity contribution in [1.29, 1.82) is 0 Å². The van der Waals surface area contributed by atoms with Gasteiger partial charge >= 0.3 is 0 Å². The second-order valence-corrected chi connectivity index (χ2v) is 9.37. The van der Waals surface area contributed by atoms with E-state index >= 15 is 0 Å². The van der Waals surface area contributed by atoms with Gasteiger partial charge < -0.3 is 19.9 Å². The highest BCUT2D eigenvalue weighted by atomic mass is 32.2. The van der Waals surface area contributed by atoms with Crippen LogP contribution < -0.4 is 14.8 Å². The first-order valence-corrected chi connectivity index (χ1v) is 11.5. The highest BCUT2D eigenvalue weighted by Gasteiger charge is 2.32. The van der Waals surface area contributed by atoms with E-state index < -0.39 is 0 Å². The van der Waals surface area contributed by atoms with Crippen LogP contribution in [0.4, 0.5) is 0 Å². The Morgan fingerprint density at radius 3 is 2.84 bits per heavy atom. The summed E-state index contributed by atoms with van der Waals surface area (Å²) < 4.78 is 11.2. The molecule has 0 aliphatic carbocycles. The third-order valence-corrected chi connectivity index (χ3v) is 6.94. The molecule has 10 heteroatoms. The van der Waals surface area contributed by atoms with Gasteiger partial charge in [-0.1, -0.05) is 30.0 Å². The first-order valence-electron chi connectivity index (χ1n) is 10.3. The molecule has 166 valence electrons. The number of piperidine rings is 1. The summed E-state index contributed by atoms with van der Waals surface area (Å²) >= 11 is 6.62. The molecule has 0 spiro atoms. The number of ether oxygens (including phenoxy) is 2. The molecular formula is C21H25N3O5S2. The summed E-state index contributed by atoms with van der Waals surface area (Å²) in [6.45, 7) is 3.06. The van der Waals surface area contributed by atoms with Crippen molar-refractivity contribution in [2.45, 2.75) is 12.8 Å². The van der Waals surface area contributed by atoms with E-state index in [1.165, 1.54) is 16.7 Å². The average molecular weight is 464 g/mol. The zero-order valence-corrected chi connectivity index (χ0v) is 18.7. The van der Waals surface area contributed by atoms with E-state index in [2.05, 4.69) is 10.2 Å². The van der Waals surface area contributed by atoms with Crippen molar-refractivity contribution in [3.63, 3.8) is 0 Å². The number of aliphatic hydroxyl groups excluding tert-OH is 1. The van der Waals surface area contributed by atoms with Crippen molar-refractivity contribution in [2.24, 2.45) is 5.92 Å². The molecule has 4 rings (SSSR count). The highest BCUT2D eigenvalue weighted by molar-refractivity contribution is 8.26. The monoisotopic (exact) mass is 463 g/mol. The second kappa shape index (κ2) is 9.99. The standard InChI is InChI=1S/C21H25N3O5S2/c25-12-14-3-6-23(7-4-14)11-19(26)22-5-8-24-20(27)18(31-21(24)30)10-15-1-2-16-17(9-15)29-13-28-16/h1-2,9-10,14,25H,3-8,11-13H2,(H,22,26)/b18-10-. The predicted octanol–water partition coefficient (Wildman–Crippen LogP) is 1.44. The number of aliphatic hydroxyl groups is 1. The minimum Gasteiger partial charge on any atom is -0.454 e. The van der Waals surface area contributed by atoms with Crippen molar-refractivity contribution in [1.82, 2.24) is 15.1 Å². The van der Waals surface area contributed by atoms with Crippen LogP contribution >= 0.6 is 24.0 Å². The van der Waals surface area contributed by atoms with Gasteiger partial charge in [-0.3, -0.25) is 19.4 Å². The number of carbonyl (C=O) groups is 2. The van der Waals surface area contributed by atoms with Gasteiger partial charge in [0.2, 0.25) is 12.7 Å². The third-order valence-electron chi connectivity index (χ3n) is 5.56. The molecule has 1 aromatic carbocycles. The number of nitrogens with one attached hydrogen (secondary N) is 1. The van der Waals surface area contributed by atoms with Crippen LogP contribution in [0.5, 0.6) is 11.5 Å². The summed E-state index contributed by atoms with van der Waals surface area (Å²) in [7, 11) is 0. The van der Waals surface area contributed by atoms with Crippen LogP contribution in [0.1, 0.15) is 18.4 Å². The van der Waals surface area contributed by atoms with Crippen LogP contribution in [0.3, 0.4) is 0 Å². The fourth-order valence-electron chi connectivity index (χ4n) is 3.74. The average Bonchev–Trinajstić information content (AvgIpc) is 3.33. The number of hydrogen-bond donors (Lipinski definition) is 2. The summed E-state index contributed by atoms with van der Waals surface area (Å²) in [4.78, 5) is 29.1. The van der Waals surface area contributed by atoms with E-state index in [9.17, 15) is 14.7 Å². The van der Waals surface area contributed by atoms with E-state index in [1.54, 1.807) is 6.08 Å². The van der Waals surface area contributed by atoms with Gasteiger partial charge in [-0.05, 0) is 55.6 Å². The summed E-state index contributed by atoms with van der Waals surface area (Å²) in [5.41, 5.74) is 0.836. The fourth-order valence-corrected chi connectivity index (χ4v) is 5.05. The number of thiocarbonyl (C=S) groups is 1. The van der Waals surface area contributed by atoms with Gasteiger partial charge in [-0.15, -0.1) is 0 Å². The van der Waals surface area contributed by atoms with E-state index in [0.29, 0.717) is 46.3 Å². The van der Waals surface area contributed by atoms with Crippen molar-refractivity contribution >= 4 is 46.2 Å². The molecule has 0 saturated carbocycles. The molecule has 31 heavy (non-hydrogen) atoms. The number of hydrogen-bond acceptors (Lipinski definition) is 8. The van der Waals surface area contributed by atoms with Gasteiger partial charge in [0, 0.05) is 19.7 Å². The van der Waals surface area contributed by atoms with Gasteiger partial charge in [0.15, 0.2) is 11.5 Å². The summed E-state index contributed by atoms with van der Waals surface area (Å²) in [6.07, 6.45) is 3.61. The van der Waals surface area contributed by atoms with Gasteiger partial charge in [0.25, 0.3) is 5.91 Å². The zero-order chi connectivity index (χ0) is 21.8. The molecule has 0 aromatic heterocycles. The predicted molar refractivity (Wildman–Crippen MR) is 122 cm³/mol. The zero-order valence-electron chi connectivity index (χ0n) is 17.0. The number of benzene rings is 1. The van der Waals surface area contributed by atoms with E-state index in [1.807, 2.05) is 18.2 Å². The van der Waals surface area contributed by atoms with Crippen LogP contribution in [-0.4, -0.2) is 77.2 Å². The smallest absolute Gasteiger partial charge is 0.266 e. The number of amides is 2. The maximum absolute atomic E-state index is 12.8. The molecule has 3 aliphatic heterocycles. The number of thioether (sulfide) groups is 1. The Labute approximate surface area is 190 Å². The molecule has 0 unspecified atom stereocenters. The number of fused-ring (bicyclic) bond motifs is 1. The van der Waals surface area contributed by atoms with Crippen molar-refractivity contribution in [3.8, 4) is 11.5 Å². The van der Waals surface area contributed by atoms with Crippen LogP contribution in [0.15, 0.2) is 23.1 Å². The molecule has 8 nitrogen and oxygen atoms in total. The number of likely N-dealkylation sites (tertiary alicyclic amines) is 1. The Balaban J connectivity index is 1.25. The van der Waals surface area contributed by atoms with Crippen LogP contribution in [-0.2, 0) is 9.59 Å². The van der Waals surface area contributed by atoms with E-state index in [4.69, 9.17) is 21.7 Å². The molecule has 2 saturated heterocycles. The highest BCUT2D eigenvalue weighted by Crippen LogP contribution is 2.36. The van der Waals surface area contributed by atoms with Gasteiger partial charge in [0.1, 0.15) is 4.32 Å². The SMILES string of the molecule is O=C(CN1CCC(CO)CC1)NCCN1C(=O)/C(=C/c2ccc3c(c2)OCO3)SC1=S. The molecule has 2 amide bonds. The molecule has 0 bridgehead atoms. The van der Waals surface area contributed by atoms with Gasteiger partial charge in [-0.25, -0.2) is 0 Å². The molecule has 0 radical (unpaired) electrons. The lowest BCUT2D eigenvalue weighted by molar-refractivity contribution is -0.124. The minimum atomic E-state index is -0.159. The first kappa shape index (κ1) is 22.1. The lowest BCUT2D eigenvalue weighted by Gasteiger charge is -2.30. The minimum absolute atomic E-state index is 0.0659. The van der Waals surface area contributed by atoms with Gasteiger partial charge in [0.05, 0.1) is 11.4 Å². The lowest BCUT2D eigenvalue weighted by Crippen LogP contribution is -2.44. The van der Waals surface area contributed by atoms with Gasteiger partial charge in [-0.2, -0.15) is 0 Å². The van der Waals surface area contributed by atoms with Crippen LogP contribution in [0.2, 0.25) is 0 Å². The van der Waals surface area contributed by atoms with Crippen molar-refractivity contribution in [2.75, 3.05) is 46.1 Å². The van der Waals surface area contributed by atoms with E-state index in [-0.39, 0.29) is 25.2 Å². The number of nitrogens with zero attached hydrogens (tertiary/aromatic N) is 2. The second-order valence-electron chi connectivity index (χ2n) is 7.70. The Bertz CT molecular complexity index is 899. The van der Waals surface area contributed by atoms with Crippen LogP contribution in [0, 0.1) is 5.92 Å². The number of rotatable bonds is 7. The largest absolute Gasteiger partial charge is 0.454 e. The summed E-state index contributed by atoms with van der Waals surface area (Å²) in [5, 5.41) is 12.1. The quantitative estimate of drug-likeness (QED) is 0.464. The maximum atomic E-state index is 12.8. The lowest BCUT2D eigenvalue weighted by atomic mass is 9.98. The van der Waals surface area contributed by atoms with Crippen molar-refractivity contribution < 1.29 is 24.2 Å². The van der Waals surface area contributed by atoms with E-state index in [0.717, 1.165) is 31.5 Å². The molecule has 3 heterocycles. The molecular weight excluding hydrogens is 438 g/mol. The Morgan fingerprint density at radius 2 is 2.06 bits per heavy atom. The van der Waals surface area contributed by atoms with Crippen molar-refractivity contribution in [3.05, 3.63) is 28.7 Å². The first-order chi connectivity index (χ1) is 15.0. The topological polar surface area (TPSA) is 91.3 Å². The van der Waals surface area contributed by atoms with Crippen LogP contribution in [0.25, 0.3) is 6.08 Å². The third kappa shape index (κ3) is 5.38. The molecule has 1 aromatic rings. The molecule has 2 fully saturated rings. The molecule has 3 aliphatic rings. The molecule has 0 atom stereocenters. The maximum Gasteiger partial charge on any atom is 0.266 e. The normalized spacial score (nSPS) is 20.7. The summed E-state index contributed by atoms with van der Waals surface area (Å²) in [6, 6.07) is 5.51. The summed E-state index contributed by atoms with van der Waals surface area (Å²) in [5.74, 6) is 1.47. The Kier molecular flexibility index (Phi) is 7.11. The Morgan fingerprint density at radius 1 is 1.29 bits per heavy atom. The molecule has 2 N–H and O–H groups in total. The Hall–Kier alpha value is -2.14. The number of carbonyl (C=O) groups excluding carboxylic acids is 2.